The maximum atomic E-state index is 11.7. The van der Waals surface area contributed by atoms with Crippen LogP contribution in [0.2, 0.25) is 0 Å². The molecule has 0 saturated carbocycles. The molecule has 16 heavy (non-hydrogen) atoms. The zero-order valence-electron chi connectivity index (χ0n) is 9.20. The Morgan fingerprint density at radius 2 is 1.94 bits per heavy atom. The number of methoxy groups -OCH3 is 1. The third-order valence-electron chi connectivity index (χ3n) is 1.89. The summed E-state index contributed by atoms with van der Waals surface area (Å²) in [6.45, 7) is 3.47. The number of ketones is 2. The predicted molar refractivity (Wildman–Crippen MR) is 57.6 cm³/mol. The number of hydrogen-bond donors (Lipinski definition) is 0. The number of esters is 1. The molecule has 0 radical (unpaired) electrons. The first-order valence-corrected chi connectivity index (χ1v) is 5.35. The van der Waals surface area contributed by atoms with Gasteiger partial charge in [0, 0.05) is 0 Å². The fourth-order valence-corrected chi connectivity index (χ4v) is 2.06. The lowest BCUT2D eigenvalue weighted by molar-refractivity contribution is -0.151. The van der Waals surface area contributed by atoms with Crippen molar-refractivity contribution in [2.75, 3.05) is 7.11 Å². The minimum absolute atomic E-state index is 0.390. The lowest BCUT2D eigenvalue weighted by Gasteiger charge is -1.97. The van der Waals surface area contributed by atoms with Crippen molar-refractivity contribution in [3.05, 3.63) is 15.6 Å². The Hall–Kier alpha value is -1.56. The highest BCUT2D eigenvalue weighted by Gasteiger charge is 2.22. The summed E-state index contributed by atoms with van der Waals surface area (Å²) in [5, 5.41) is 0.756. The second-order valence-corrected chi connectivity index (χ2v) is 4.37. The van der Waals surface area contributed by atoms with E-state index in [0.29, 0.717) is 10.6 Å². The van der Waals surface area contributed by atoms with E-state index in [1.807, 2.05) is 0 Å². The molecule has 1 aromatic rings. The molecule has 0 spiro atoms. The number of thiazole rings is 1. The van der Waals surface area contributed by atoms with Crippen molar-refractivity contribution in [3.63, 3.8) is 0 Å². The smallest absolute Gasteiger partial charge is 0.374 e. The van der Waals surface area contributed by atoms with Crippen LogP contribution in [0, 0.1) is 13.8 Å². The topological polar surface area (TPSA) is 73.3 Å². The molecule has 0 aromatic carbocycles. The summed E-state index contributed by atoms with van der Waals surface area (Å²) in [4.78, 5) is 38.1. The average molecular weight is 241 g/mol. The van der Waals surface area contributed by atoms with Crippen molar-refractivity contribution in [2.45, 2.75) is 20.3 Å². The van der Waals surface area contributed by atoms with Crippen LogP contribution in [0.15, 0.2) is 0 Å². The average Bonchev–Trinajstić information content (AvgIpc) is 2.56. The largest absolute Gasteiger partial charge is 0.463 e. The van der Waals surface area contributed by atoms with Crippen LogP contribution in [0.1, 0.15) is 26.8 Å². The Balaban J connectivity index is 2.77. The molecular formula is C10H11NO4S. The van der Waals surface area contributed by atoms with Gasteiger partial charge in [0.05, 0.1) is 29.1 Å². The van der Waals surface area contributed by atoms with E-state index < -0.39 is 24.0 Å². The second kappa shape index (κ2) is 4.98. The maximum absolute atomic E-state index is 11.7. The first-order chi connectivity index (χ1) is 7.45. The monoisotopic (exact) mass is 241 g/mol. The Labute approximate surface area is 96.4 Å². The van der Waals surface area contributed by atoms with Crippen LogP contribution >= 0.6 is 11.3 Å². The molecule has 0 N–H and O–H groups in total. The van der Waals surface area contributed by atoms with E-state index in [0.717, 1.165) is 12.1 Å². The summed E-state index contributed by atoms with van der Waals surface area (Å²) in [7, 11) is 1.10. The van der Waals surface area contributed by atoms with Gasteiger partial charge in [-0.2, -0.15) is 0 Å². The molecule has 0 aliphatic heterocycles. The van der Waals surface area contributed by atoms with Gasteiger partial charge in [-0.1, -0.05) is 0 Å². The molecule has 0 amide bonds. The summed E-state index contributed by atoms with van der Waals surface area (Å²) >= 11 is 1.22. The maximum Gasteiger partial charge on any atom is 0.374 e. The first-order valence-electron chi connectivity index (χ1n) is 4.54. The zero-order chi connectivity index (χ0) is 12.3. The minimum atomic E-state index is -0.993. The highest BCUT2D eigenvalue weighted by atomic mass is 32.1. The number of aromatic nitrogens is 1. The van der Waals surface area contributed by atoms with Gasteiger partial charge in [-0.25, -0.2) is 9.78 Å². The van der Waals surface area contributed by atoms with E-state index in [4.69, 9.17) is 0 Å². The highest BCUT2D eigenvalue weighted by Crippen LogP contribution is 2.18. The number of nitrogens with zero attached hydrogens (tertiary/aromatic N) is 1. The molecule has 0 unspecified atom stereocenters. The molecule has 1 heterocycles. The van der Waals surface area contributed by atoms with Crippen LogP contribution in [0.4, 0.5) is 0 Å². The van der Waals surface area contributed by atoms with Gasteiger partial charge in [-0.3, -0.25) is 9.59 Å². The van der Waals surface area contributed by atoms with Gasteiger partial charge in [0.1, 0.15) is 0 Å². The van der Waals surface area contributed by atoms with Crippen LogP contribution in [0.25, 0.3) is 0 Å². The lowest BCUT2D eigenvalue weighted by Crippen LogP contribution is -2.19. The van der Waals surface area contributed by atoms with E-state index in [1.165, 1.54) is 11.3 Å². The fourth-order valence-electron chi connectivity index (χ4n) is 1.20. The number of carbonyl (C=O) groups excluding carboxylic acids is 3. The van der Waals surface area contributed by atoms with Gasteiger partial charge < -0.3 is 4.74 Å². The molecular weight excluding hydrogens is 230 g/mol. The van der Waals surface area contributed by atoms with Gasteiger partial charge >= 0.3 is 5.97 Å². The third-order valence-corrected chi connectivity index (χ3v) is 3.00. The quantitative estimate of drug-likeness (QED) is 0.341. The Morgan fingerprint density at radius 3 is 2.38 bits per heavy atom. The van der Waals surface area contributed by atoms with Crippen molar-refractivity contribution in [1.29, 1.82) is 0 Å². The molecule has 5 nitrogen and oxygen atoms in total. The van der Waals surface area contributed by atoms with Crippen molar-refractivity contribution in [2.24, 2.45) is 0 Å². The normalized spacial score (nSPS) is 9.94. The number of carbonyl (C=O) groups is 3. The van der Waals surface area contributed by atoms with E-state index in [1.54, 1.807) is 13.8 Å². The summed E-state index contributed by atoms with van der Waals surface area (Å²) in [6.07, 6.45) is -0.463. The van der Waals surface area contributed by atoms with Crippen molar-refractivity contribution >= 4 is 28.9 Å². The molecule has 0 fully saturated rings. The summed E-state index contributed by atoms with van der Waals surface area (Å²) in [5.74, 6) is -2.22. The van der Waals surface area contributed by atoms with Crippen LogP contribution in [0.5, 0.6) is 0 Å². The van der Waals surface area contributed by atoms with E-state index in [-0.39, 0.29) is 0 Å². The van der Waals surface area contributed by atoms with E-state index in [9.17, 15) is 14.4 Å². The zero-order valence-corrected chi connectivity index (χ0v) is 10.0. The predicted octanol–water partition coefficient (Wildman–Crippen LogP) is 1.07. The summed E-state index contributed by atoms with van der Waals surface area (Å²) in [5.41, 5.74) is 0.588. The van der Waals surface area contributed by atoms with Crippen LogP contribution in [-0.4, -0.2) is 29.6 Å². The molecule has 1 aromatic heterocycles. The number of hydrogen-bond acceptors (Lipinski definition) is 6. The molecule has 6 heteroatoms. The SMILES string of the molecule is COC(=O)C(=O)CC(=O)c1sc(C)nc1C. The number of rotatable bonds is 4. The van der Waals surface area contributed by atoms with Gasteiger partial charge in [0.15, 0.2) is 5.78 Å². The van der Waals surface area contributed by atoms with Gasteiger partial charge in [0.2, 0.25) is 5.78 Å². The number of Topliss-reactive ketones (excluding diaryl/α,β-unsaturated/α-hetero) is 2. The molecule has 0 aliphatic carbocycles. The first kappa shape index (κ1) is 12.5. The molecule has 1 rings (SSSR count). The van der Waals surface area contributed by atoms with Crippen molar-refractivity contribution < 1.29 is 19.1 Å². The second-order valence-electron chi connectivity index (χ2n) is 3.16. The number of ether oxygens (including phenoxy) is 1. The highest BCUT2D eigenvalue weighted by molar-refractivity contribution is 7.13. The van der Waals surface area contributed by atoms with Crippen LogP contribution in [0.3, 0.4) is 0 Å². The van der Waals surface area contributed by atoms with Gasteiger partial charge in [-0.05, 0) is 13.8 Å². The Kier molecular flexibility index (Phi) is 3.89. The van der Waals surface area contributed by atoms with Gasteiger partial charge in [-0.15, -0.1) is 11.3 Å². The minimum Gasteiger partial charge on any atom is -0.463 e. The standard InChI is InChI=1S/C10H11NO4S/c1-5-9(16-6(2)11-5)7(12)4-8(13)10(14)15-3/h4H2,1-3H3. The molecule has 86 valence electrons. The molecule has 0 atom stereocenters. The fraction of sp³-hybridized carbons (Fsp3) is 0.400. The van der Waals surface area contributed by atoms with Gasteiger partial charge in [0.25, 0.3) is 0 Å². The third kappa shape index (κ3) is 2.73. The lowest BCUT2D eigenvalue weighted by atomic mass is 10.1. The summed E-state index contributed by atoms with van der Waals surface area (Å²) in [6, 6.07) is 0. The summed E-state index contributed by atoms with van der Waals surface area (Å²) < 4.78 is 4.23. The Bertz CT molecular complexity index is 450. The molecule has 0 saturated heterocycles. The Morgan fingerprint density at radius 1 is 1.31 bits per heavy atom. The van der Waals surface area contributed by atoms with Crippen molar-refractivity contribution in [3.8, 4) is 0 Å². The van der Waals surface area contributed by atoms with E-state index in [2.05, 4.69) is 9.72 Å². The van der Waals surface area contributed by atoms with Crippen molar-refractivity contribution in [1.82, 2.24) is 4.98 Å². The van der Waals surface area contributed by atoms with Crippen LogP contribution in [-0.2, 0) is 14.3 Å². The number of aryl methyl sites for hydroxylation is 2. The molecule has 0 aliphatic rings. The molecule has 0 bridgehead atoms. The van der Waals surface area contributed by atoms with Crippen LogP contribution < -0.4 is 0 Å². The van der Waals surface area contributed by atoms with E-state index >= 15 is 0 Å².